The molecule has 0 bridgehead atoms. The second-order valence-corrected chi connectivity index (χ2v) is 12.4. The monoisotopic (exact) mass is 482 g/mol. The number of rotatable bonds is 7. The minimum atomic E-state index is -3.97. The van der Waals surface area contributed by atoms with Gasteiger partial charge in [-0.15, -0.1) is 0 Å². The number of allylic oxidation sites excluding steroid dienone is 2. The second-order valence-electron chi connectivity index (χ2n) is 8.35. The van der Waals surface area contributed by atoms with E-state index in [1.807, 2.05) is 13.8 Å². The average molecular weight is 483 g/mol. The van der Waals surface area contributed by atoms with Crippen LogP contribution in [0.5, 0.6) is 5.88 Å². The summed E-state index contributed by atoms with van der Waals surface area (Å²) in [5.41, 5.74) is 3.18. The zero-order chi connectivity index (χ0) is 24.8. The molecule has 0 radical (unpaired) electrons. The molecule has 8 nitrogen and oxygen atoms in total. The van der Waals surface area contributed by atoms with Crippen LogP contribution in [-0.2, 0) is 27.0 Å². The minimum absolute atomic E-state index is 0.0210. The highest BCUT2D eigenvalue weighted by Crippen LogP contribution is 2.34. The zero-order valence-electron chi connectivity index (χ0n) is 19.9. The van der Waals surface area contributed by atoms with E-state index in [0.717, 1.165) is 17.4 Å². The van der Waals surface area contributed by atoms with Crippen LogP contribution in [0.1, 0.15) is 67.4 Å². The van der Waals surface area contributed by atoms with Gasteiger partial charge in [-0.05, 0) is 77.3 Å². The maximum absolute atomic E-state index is 13.6. The molecular weight excluding hydrogens is 452 g/mol. The van der Waals surface area contributed by atoms with Gasteiger partial charge in [-0.25, -0.2) is 13.1 Å². The van der Waals surface area contributed by atoms with E-state index in [1.54, 1.807) is 20.8 Å². The summed E-state index contributed by atoms with van der Waals surface area (Å²) in [5.74, 6) is -0.668. The van der Waals surface area contributed by atoms with Crippen molar-refractivity contribution in [1.29, 1.82) is 0 Å². The highest BCUT2D eigenvalue weighted by molar-refractivity contribution is 7.90. The van der Waals surface area contributed by atoms with Crippen molar-refractivity contribution in [1.82, 2.24) is 9.78 Å². The summed E-state index contributed by atoms with van der Waals surface area (Å²) in [5, 5.41) is 3.36. The number of nitrogens with zero attached hydrogens (tertiary/aromatic N) is 2. The first kappa shape index (κ1) is 25.8. The van der Waals surface area contributed by atoms with E-state index in [9.17, 15) is 21.6 Å². The quantitative estimate of drug-likeness (QED) is 0.438. The third kappa shape index (κ3) is 4.80. The topological polar surface area (TPSA) is 112 Å². The van der Waals surface area contributed by atoms with Gasteiger partial charge in [0.25, 0.3) is 0 Å². The number of hydrogen-bond donors (Lipinski definition) is 0. The van der Waals surface area contributed by atoms with E-state index in [0.29, 0.717) is 16.8 Å². The molecule has 10 heteroatoms. The molecule has 1 aromatic carbocycles. The first-order chi connectivity index (χ1) is 14.5. The summed E-state index contributed by atoms with van der Waals surface area (Å²) >= 11 is 0. The highest BCUT2D eigenvalue weighted by atomic mass is 32.2. The third-order valence-corrected chi connectivity index (χ3v) is 8.05. The van der Waals surface area contributed by atoms with Gasteiger partial charge in [-0.3, -0.25) is 4.79 Å². The number of aryl methyl sites for hydroxylation is 2. The third-order valence-electron chi connectivity index (χ3n) is 5.36. The van der Waals surface area contributed by atoms with Crippen molar-refractivity contribution in [3.05, 3.63) is 45.7 Å². The van der Waals surface area contributed by atoms with E-state index < -0.39 is 31.0 Å². The molecule has 2 rings (SSSR count). The van der Waals surface area contributed by atoms with E-state index in [2.05, 4.69) is 5.10 Å². The number of benzene rings is 1. The van der Waals surface area contributed by atoms with Gasteiger partial charge in [0, 0.05) is 18.9 Å². The molecule has 2 aromatic rings. The summed E-state index contributed by atoms with van der Waals surface area (Å²) in [7, 11) is -6.03. The van der Waals surface area contributed by atoms with Gasteiger partial charge in [-0.1, -0.05) is 5.57 Å². The van der Waals surface area contributed by atoms with Crippen molar-refractivity contribution in [2.24, 2.45) is 7.05 Å². The highest BCUT2D eigenvalue weighted by Gasteiger charge is 2.30. The summed E-state index contributed by atoms with van der Waals surface area (Å²) in [6, 6.07) is 2.86. The molecule has 32 heavy (non-hydrogen) atoms. The van der Waals surface area contributed by atoms with E-state index in [4.69, 9.17) is 4.18 Å². The Morgan fingerprint density at radius 2 is 1.59 bits per heavy atom. The van der Waals surface area contributed by atoms with Gasteiger partial charge in [-0.2, -0.15) is 13.5 Å². The van der Waals surface area contributed by atoms with Crippen LogP contribution >= 0.6 is 0 Å². The van der Waals surface area contributed by atoms with Crippen molar-refractivity contribution in [3.8, 4) is 5.88 Å². The van der Waals surface area contributed by atoms with Crippen LogP contribution in [0.2, 0.25) is 0 Å². The largest absolute Gasteiger partial charge is 0.361 e. The average Bonchev–Trinajstić information content (AvgIpc) is 2.91. The molecule has 0 aliphatic heterocycles. The zero-order valence-corrected chi connectivity index (χ0v) is 21.5. The molecule has 0 amide bonds. The Hall–Kier alpha value is -2.46. The summed E-state index contributed by atoms with van der Waals surface area (Å²) in [4.78, 5) is 13.7. The van der Waals surface area contributed by atoms with Crippen molar-refractivity contribution in [2.75, 3.05) is 6.26 Å². The fraction of sp³-hybridized carbons (Fsp3) is 0.455. The molecule has 0 spiro atoms. The lowest BCUT2D eigenvalue weighted by atomic mass is 9.91. The van der Waals surface area contributed by atoms with Gasteiger partial charge < -0.3 is 4.18 Å². The molecule has 0 aliphatic carbocycles. The maximum Gasteiger partial charge on any atom is 0.313 e. The van der Waals surface area contributed by atoms with Crippen LogP contribution in [0.3, 0.4) is 0 Å². The molecule has 1 aromatic heterocycles. The van der Waals surface area contributed by atoms with Crippen LogP contribution in [0.15, 0.2) is 22.6 Å². The van der Waals surface area contributed by atoms with Crippen LogP contribution in [0, 0.1) is 13.8 Å². The standard InChI is InChI=1S/C22H30N2O6S2/c1-12(2)14(5)19-15(6)17(10-11-18(19)31(9,26)27)21(25)20-16(7)23-24(8)22(20)30-32(28,29)13(3)4/h10-11,13H,1-9H3. The maximum atomic E-state index is 13.6. The number of hydrogen-bond acceptors (Lipinski definition) is 7. The lowest BCUT2D eigenvalue weighted by molar-refractivity contribution is 0.103. The normalized spacial score (nSPS) is 12.2. The number of carbonyl (C=O) groups excluding carboxylic acids is 1. The predicted octanol–water partition coefficient (Wildman–Crippen LogP) is 3.60. The Morgan fingerprint density at radius 3 is 2.06 bits per heavy atom. The fourth-order valence-corrected chi connectivity index (χ4v) is 4.89. The SMILES string of the molecule is CC(C)=C(C)c1c(S(C)(=O)=O)ccc(C(=O)c2c(C)nn(C)c2OS(=O)(=O)C(C)C)c1C. The van der Waals surface area contributed by atoms with E-state index >= 15 is 0 Å². The van der Waals surface area contributed by atoms with Gasteiger partial charge in [0.1, 0.15) is 5.56 Å². The Labute approximate surface area is 190 Å². The van der Waals surface area contributed by atoms with E-state index in [-0.39, 0.29) is 21.9 Å². The number of aromatic nitrogens is 2. The summed E-state index contributed by atoms with van der Waals surface area (Å²) in [6.45, 7) is 11.8. The lowest BCUT2D eigenvalue weighted by Gasteiger charge is -2.17. The smallest absolute Gasteiger partial charge is 0.313 e. The molecule has 0 unspecified atom stereocenters. The van der Waals surface area contributed by atoms with Gasteiger partial charge in [0.15, 0.2) is 9.84 Å². The fourth-order valence-electron chi connectivity index (χ4n) is 3.29. The van der Waals surface area contributed by atoms with E-state index in [1.165, 1.54) is 37.7 Å². The molecule has 176 valence electrons. The number of ketones is 1. The molecule has 0 aliphatic rings. The molecule has 0 N–H and O–H groups in total. The summed E-state index contributed by atoms with van der Waals surface area (Å²) in [6.07, 6.45) is 1.12. The Balaban J connectivity index is 2.81. The van der Waals surface area contributed by atoms with Crippen molar-refractivity contribution in [2.45, 2.75) is 58.6 Å². The second kappa shape index (κ2) is 8.82. The number of sulfone groups is 1. The molecule has 0 atom stereocenters. The molecule has 0 fully saturated rings. The van der Waals surface area contributed by atoms with Crippen molar-refractivity contribution < 1.29 is 25.8 Å². The first-order valence-corrected chi connectivity index (χ1v) is 13.4. The Kier molecular flexibility index (Phi) is 7.11. The minimum Gasteiger partial charge on any atom is -0.361 e. The van der Waals surface area contributed by atoms with Gasteiger partial charge in [0.2, 0.25) is 11.7 Å². The molecule has 0 saturated heterocycles. The van der Waals surface area contributed by atoms with Crippen LogP contribution in [0.25, 0.3) is 5.57 Å². The number of carbonyl (C=O) groups is 1. The van der Waals surface area contributed by atoms with Crippen molar-refractivity contribution >= 4 is 31.3 Å². The molecular formula is C22H30N2O6S2. The van der Waals surface area contributed by atoms with Crippen LogP contribution in [0.4, 0.5) is 0 Å². The first-order valence-electron chi connectivity index (χ1n) is 10.00. The molecule has 0 saturated carbocycles. The van der Waals surface area contributed by atoms with Crippen LogP contribution < -0.4 is 4.18 Å². The molecule has 1 heterocycles. The van der Waals surface area contributed by atoms with Gasteiger partial charge >= 0.3 is 10.1 Å². The Bertz CT molecular complexity index is 1330. The van der Waals surface area contributed by atoms with Crippen molar-refractivity contribution in [3.63, 3.8) is 0 Å². The van der Waals surface area contributed by atoms with Gasteiger partial charge in [0.05, 0.1) is 15.8 Å². The summed E-state index contributed by atoms with van der Waals surface area (Å²) < 4.78 is 56.0. The van der Waals surface area contributed by atoms with Crippen LogP contribution in [-0.4, -0.2) is 43.9 Å². The lowest BCUT2D eigenvalue weighted by Crippen LogP contribution is -2.22. The Morgan fingerprint density at radius 1 is 1.03 bits per heavy atom. The predicted molar refractivity (Wildman–Crippen MR) is 124 cm³/mol.